The molecule has 0 heterocycles. The van der Waals surface area contributed by atoms with Gasteiger partial charge in [0.25, 0.3) is 0 Å². The van der Waals surface area contributed by atoms with Crippen molar-refractivity contribution in [2.45, 2.75) is 165 Å². The molecule has 0 unspecified atom stereocenters. The molecule has 0 nitrogen and oxygen atoms in total. The second-order valence-electron chi connectivity index (χ2n) is 22.1. The summed E-state index contributed by atoms with van der Waals surface area (Å²) in [6, 6.07) is 32.8. The molecule has 4 bridgehead atoms. The van der Waals surface area contributed by atoms with Crippen molar-refractivity contribution in [2.75, 3.05) is 0 Å². The van der Waals surface area contributed by atoms with Gasteiger partial charge in [-0.15, -0.1) is 80.6 Å². The molecular formula is C62H69Cl2F3SiZr-2. The largest absolute Gasteiger partial charge is 1.00 e. The molecule has 0 spiro atoms. The van der Waals surface area contributed by atoms with Crippen LogP contribution in [0.25, 0.3) is 46.6 Å². The van der Waals surface area contributed by atoms with E-state index >= 15 is 0 Å². The zero-order valence-corrected chi connectivity index (χ0v) is 45.6. The Bertz CT molecular complexity index is 2560. The second kappa shape index (κ2) is 23.0. The van der Waals surface area contributed by atoms with Crippen LogP contribution in [0.2, 0.25) is 12.6 Å². The molecule has 8 aliphatic carbocycles. The Labute approximate surface area is 438 Å². The molecule has 0 amide bonds. The van der Waals surface area contributed by atoms with Crippen molar-refractivity contribution in [2.24, 2.45) is 22.7 Å². The fourth-order valence-corrected chi connectivity index (χ4v) is 15.2. The van der Waals surface area contributed by atoms with Gasteiger partial charge in [-0.25, -0.2) is 0 Å². The Morgan fingerprint density at radius 3 is 1.28 bits per heavy atom. The molecular weight excluding hydrogens is 992 g/mol. The molecule has 0 atom stereocenters. The molecule has 0 aliphatic heterocycles. The van der Waals surface area contributed by atoms with E-state index in [-0.39, 0.29) is 24.8 Å². The van der Waals surface area contributed by atoms with Gasteiger partial charge in [-0.05, 0) is 95.3 Å². The van der Waals surface area contributed by atoms with Gasteiger partial charge >= 0.3 is 67.1 Å². The standard InChI is InChI=1S/2C29H31.C4H7F3Si.2ClH.Zr/c2*1-2-5-23(6-3-1)24-9-11-25(12-10-24)27-8-4-7-26-17-22(18-28(26)27)20-29-15-13-21(19-29)14-16-29;1-8-3-2-4(5,6)7;;;/h2*4,7-12,18,20-21,23H,1-3,5-6,13-16,19H2;2-3H2,1H3;2*1H;/q2*-1;;;;+2/p-2. The maximum Gasteiger partial charge on any atom is -0.0162 e. The molecule has 6 fully saturated rings. The predicted molar refractivity (Wildman–Crippen MR) is 271 cm³/mol. The number of benzene rings is 4. The fourth-order valence-electron chi connectivity index (χ4n) is 13.6. The quantitative estimate of drug-likeness (QED) is 0.122. The summed E-state index contributed by atoms with van der Waals surface area (Å²) in [5, 5.41) is 5.28. The minimum absolute atomic E-state index is 0. The van der Waals surface area contributed by atoms with Crippen molar-refractivity contribution >= 4 is 29.7 Å². The van der Waals surface area contributed by atoms with Crippen LogP contribution in [0, 0.1) is 22.7 Å². The van der Waals surface area contributed by atoms with E-state index in [1.165, 1.54) is 206 Å². The Hall–Kier alpha value is -2.69. The third-order valence-electron chi connectivity index (χ3n) is 17.3. The molecule has 4 aromatic carbocycles. The van der Waals surface area contributed by atoms with Crippen molar-refractivity contribution in [3.8, 4) is 22.3 Å². The molecule has 69 heavy (non-hydrogen) atoms. The van der Waals surface area contributed by atoms with Gasteiger partial charge in [-0.1, -0.05) is 174 Å². The molecule has 7 heteroatoms. The van der Waals surface area contributed by atoms with Crippen molar-refractivity contribution in [3.05, 3.63) is 140 Å². The number of halogens is 5. The molecule has 4 aromatic rings. The summed E-state index contributed by atoms with van der Waals surface area (Å²) >= 11 is 1.29. The van der Waals surface area contributed by atoms with Gasteiger partial charge in [0.15, 0.2) is 0 Å². The normalized spacial score (nSPS) is 26.5. The summed E-state index contributed by atoms with van der Waals surface area (Å²) in [5.74, 6) is 3.55. The minimum Gasteiger partial charge on any atom is -1.00 e. The summed E-state index contributed by atoms with van der Waals surface area (Å²) < 4.78 is 34.3. The van der Waals surface area contributed by atoms with Crippen LogP contribution in [0.5, 0.6) is 0 Å². The Balaban J connectivity index is 0.000000155. The third-order valence-corrected chi connectivity index (χ3v) is 20.1. The summed E-state index contributed by atoms with van der Waals surface area (Å²) in [6.45, 7) is 1.93. The first-order valence-electron chi connectivity index (χ1n) is 26.2. The Kier molecular flexibility index (Phi) is 17.6. The monoisotopic (exact) mass is 1060 g/mol. The van der Waals surface area contributed by atoms with E-state index in [4.69, 9.17) is 0 Å². The van der Waals surface area contributed by atoms with Crippen molar-refractivity contribution in [1.29, 1.82) is 0 Å². The van der Waals surface area contributed by atoms with Gasteiger partial charge in [-0.2, -0.15) is 0 Å². The number of hydrogen-bond acceptors (Lipinski definition) is 0. The van der Waals surface area contributed by atoms with Crippen LogP contribution in [0.3, 0.4) is 0 Å². The van der Waals surface area contributed by atoms with Crippen LogP contribution in [0.15, 0.2) is 108 Å². The molecule has 0 aromatic heterocycles. The molecule has 8 aliphatic rings. The van der Waals surface area contributed by atoms with Crippen LogP contribution in [-0.2, 0) is 23.3 Å². The number of allylic oxidation sites excluding steroid dienone is 4. The predicted octanol–water partition coefficient (Wildman–Crippen LogP) is 8.83. The molecule has 12 rings (SSSR count). The first-order chi connectivity index (χ1) is 32.5. The van der Waals surface area contributed by atoms with Gasteiger partial charge < -0.3 is 24.8 Å². The molecule has 0 radical (unpaired) electrons. The van der Waals surface area contributed by atoms with Crippen LogP contribution >= 0.6 is 0 Å². The Morgan fingerprint density at radius 2 is 0.957 bits per heavy atom. The fraction of sp³-hybridized carbons (Fsp3) is 0.484. The summed E-state index contributed by atoms with van der Waals surface area (Å²) in [4.78, 5) is 0. The molecule has 6 saturated carbocycles. The minimum atomic E-state index is -3.93. The van der Waals surface area contributed by atoms with Crippen LogP contribution in [0.4, 0.5) is 13.2 Å². The molecule has 0 N–H and O–H groups in total. The van der Waals surface area contributed by atoms with Gasteiger partial charge in [0, 0.05) is 0 Å². The van der Waals surface area contributed by atoms with E-state index in [2.05, 4.69) is 121 Å². The first kappa shape index (κ1) is 52.6. The van der Waals surface area contributed by atoms with Crippen molar-refractivity contribution in [1.82, 2.24) is 0 Å². The van der Waals surface area contributed by atoms with Gasteiger partial charge in [0.05, 0.1) is 0 Å². The summed E-state index contributed by atoms with van der Waals surface area (Å²) in [7, 11) is 0. The van der Waals surface area contributed by atoms with E-state index in [1.54, 1.807) is 11.1 Å². The zero-order chi connectivity index (χ0) is 46.0. The van der Waals surface area contributed by atoms with Crippen LogP contribution < -0.4 is 45.7 Å². The maximum atomic E-state index is 11.4. The number of fused-ring (bicyclic) bond motifs is 6. The third kappa shape index (κ3) is 12.7. The number of alkyl halides is 3. The van der Waals surface area contributed by atoms with E-state index in [0.29, 0.717) is 16.9 Å². The average Bonchev–Trinajstić information content (AvgIpc) is 4.23. The SMILES string of the molecule is C[Si](=[Zr+2])CCC(F)(F)F.[C-]1=c2cccc(-c3ccc(C4CCCCC4)cc3)c2=CC1=CC12CCC(CC1)C2.[C-]1=c2cccc(-c3ccc(C4CCCCC4)cc3)c2=CC1=CC12CCC(CC1)C2.[Cl-].[Cl-]. The van der Waals surface area contributed by atoms with E-state index in [0.717, 1.165) is 23.7 Å². The maximum absolute atomic E-state index is 11.4. The van der Waals surface area contributed by atoms with Crippen molar-refractivity contribution in [3.63, 3.8) is 0 Å². The topological polar surface area (TPSA) is 0 Å². The van der Waals surface area contributed by atoms with Gasteiger partial charge in [-0.3, -0.25) is 0 Å². The van der Waals surface area contributed by atoms with Gasteiger partial charge in [0.1, 0.15) is 0 Å². The molecule has 0 saturated heterocycles. The number of hydrogen-bond donors (Lipinski definition) is 0. The van der Waals surface area contributed by atoms with Gasteiger partial charge in [0.2, 0.25) is 0 Å². The van der Waals surface area contributed by atoms with Crippen LogP contribution in [-0.4, -0.2) is 11.6 Å². The zero-order valence-electron chi connectivity index (χ0n) is 40.6. The smallest absolute Gasteiger partial charge is 0.0162 e. The van der Waals surface area contributed by atoms with Crippen LogP contribution in [0.1, 0.15) is 158 Å². The Morgan fingerprint density at radius 1 is 0.565 bits per heavy atom. The van der Waals surface area contributed by atoms with E-state index < -0.39 is 18.0 Å². The van der Waals surface area contributed by atoms with E-state index in [9.17, 15) is 13.2 Å². The van der Waals surface area contributed by atoms with Crippen molar-refractivity contribution < 1.29 is 61.3 Å². The number of rotatable bonds is 8. The summed E-state index contributed by atoms with van der Waals surface area (Å²) in [6.07, 6.45) is 41.0. The van der Waals surface area contributed by atoms with E-state index in [1.807, 2.05) is 6.55 Å². The summed E-state index contributed by atoms with van der Waals surface area (Å²) in [5.41, 5.74) is 11.5. The average molecular weight is 1060 g/mol. The second-order valence-corrected chi connectivity index (χ2v) is 30.5. The first-order valence-corrected chi connectivity index (χ1v) is 32.1. The molecule has 362 valence electrons.